The van der Waals surface area contributed by atoms with E-state index in [9.17, 15) is 14.4 Å². The van der Waals surface area contributed by atoms with E-state index in [-0.39, 0.29) is 29.5 Å². The Balaban J connectivity index is 1.49. The number of aryl methyl sites for hydroxylation is 1. The molecule has 9 heteroatoms. The van der Waals surface area contributed by atoms with Gasteiger partial charge in [0, 0.05) is 45.3 Å². The van der Waals surface area contributed by atoms with E-state index in [1.807, 2.05) is 20.8 Å². The highest BCUT2D eigenvalue weighted by Crippen LogP contribution is 2.23. The number of nitrogens with one attached hydrogen (secondary N) is 1. The van der Waals surface area contributed by atoms with Crippen molar-refractivity contribution in [1.29, 1.82) is 0 Å². The molecule has 0 saturated carbocycles. The summed E-state index contributed by atoms with van der Waals surface area (Å²) < 4.78 is 6.72. The van der Waals surface area contributed by atoms with Gasteiger partial charge in [0.15, 0.2) is 0 Å². The van der Waals surface area contributed by atoms with Gasteiger partial charge in [-0.1, -0.05) is 0 Å². The Labute approximate surface area is 177 Å². The van der Waals surface area contributed by atoms with Crippen LogP contribution in [0.25, 0.3) is 0 Å². The molecule has 2 saturated heterocycles. The van der Waals surface area contributed by atoms with Crippen LogP contribution in [0.4, 0.5) is 10.5 Å². The molecule has 2 aliphatic heterocycles. The van der Waals surface area contributed by atoms with Crippen molar-refractivity contribution >= 4 is 17.7 Å². The highest BCUT2D eigenvalue weighted by Gasteiger charge is 2.31. The van der Waals surface area contributed by atoms with Crippen LogP contribution in [0.5, 0.6) is 0 Å². The van der Waals surface area contributed by atoms with Crippen molar-refractivity contribution in [1.82, 2.24) is 20.0 Å². The minimum absolute atomic E-state index is 0.0483. The van der Waals surface area contributed by atoms with Gasteiger partial charge < -0.3 is 19.9 Å². The topological polar surface area (TPSA) is 96.8 Å². The summed E-state index contributed by atoms with van der Waals surface area (Å²) >= 11 is 0. The first-order chi connectivity index (χ1) is 14.1. The van der Waals surface area contributed by atoms with Gasteiger partial charge in [0.2, 0.25) is 5.91 Å². The Morgan fingerprint density at radius 3 is 2.50 bits per heavy atom. The van der Waals surface area contributed by atoms with Gasteiger partial charge in [0.05, 0.1) is 17.8 Å². The molecule has 2 fully saturated rings. The van der Waals surface area contributed by atoms with E-state index < -0.39 is 5.60 Å². The Kier molecular flexibility index (Phi) is 6.67. The smallest absolute Gasteiger partial charge is 0.410 e. The summed E-state index contributed by atoms with van der Waals surface area (Å²) in [6.07, 6.45) is 4.55. The lowest BCUT2D eigenvalue weighted by molar-refractivity contribution is -0.126. The molecule has 3 rings (SSSR count). The molecule has 1 atom stereocenters. The average Bonchev–Trinajstić information content (AvgIpc) is 2.69. The van der Waals surface area contributed by atoms with Crippen LogP contribution in [0, 0.1) is 5.92 Å². The third-order valence-corrected chi connectivity index (χ3v) is 5.60. The van der Waals surface area contributed by atoms with Crippen LogP contribution < -0.4 is 15.8 Å². The molecule has 9 nitrogen and oxygen atoms in total. The Bertz CT molecular complexity index is 823. The molecular formula is C21H33N5O4. The first-order valence-corrected chi connectivity index (χ1v) is 10.7. The summed E-state index contributed by atoms with van der Waals surface area (Å²) in [5, 5.41) is 7.24. The zero-order valence-electron chi connectivity index (χ0n) is 18.4. The van der Waals surface area contributed by atoms with Crippen LogP contribution in [0.2, 0.25) is 0 Å². The highest BCUT2D eigenvalue weighted by atomic mass is 16.6. The van der Waals surface area contributed by atoms with Crippen LogP contribution >= 0.6 is 0 Å². The second kappa shape index (κ2) is 9.06. The summed E-state index contributed by atoms with van der Waals surface area (Å²) in [6.45, 7) is 8.12. The number of carbonyl (C=O) groups excluding carboxylic acids is 2. The fourth-order valence-corrected chi connectivity index (χ4v) is 3.91. The first-order valence-electron chi connectivity index (χ1n) is 10.7. The maximum absolute atomic E-state index is 12.8. The Morgan fingerprint density at radius 1 is 1.17 bits per heavy atom. The third kappa shape index (κ3) is 5.73. The normalized spacial score (nSPS) is 20.7. The molecule has 0 aromatic carbocycles. The number of hydrogen-bond acceptors (Lipinski definition) is 6. The number of hydrogen-bond donors (Lipinski definition) is 1. The van der Waals surface area contributed by atoms with E-state index in [2.05, 4.69) is 15.3 Å². The van der Waals surface area contributed by atoms with E-state index in [1.54, 1.807) is 24.2 Å². The highest BCUT2D eigenvalue weighted by molar-refractivity contribution is 5.80. The van der Waals surface area contributed by atoms with Gasteiger partial charge in [0.25, 0.3) is 5.56 Å². The summed E-state index contributed by atoms with van der Waals surface area (Å²) in [7, 11) is 1.62. The maximum Gasteiger partial charge on any atom is 0.410 e. The number of amides is 2. The lowest BCUT2D eigenvalue weighted by Crippen LogP contribution is -2.50. The average molecular weight is 420 g/mol. The predicted octanol–water partition coefficient (Wildman–Crippen LogP) is 1.51. The van der Waals surface area contributed by atoms with Crippen molar-refractivity contribution in [3.8, 4) is 0 Å². The molecule has 1 aromatic heterocycles. The van der Waals surface area contributed by atoms with Crippen molar-refractivity contribution < 1.29 is 14.3 Å². The lowest BCUT2D eigenvalue weighted by atomic mass is 9.95. The number of piperidine rings is 2. The number of nitrogens with zero attached hydrogens (tertiary/aromatic N) is 4. The lowest BCUT2D eigenvalue weighted by Gasteiger charge is -2.36. The third-order valence-electron chi connectivity index (χ3n) is 5.60. The van der Waals surface area contributed by atoms with Crippen LogP contribution in [-0.2, 0) is 16.6 Å². The van der Waals surface area contributed by atoms with Crippen molar-refractivity contribution in [2.24, 2.45) is 13.0 Å². The monoisotopic (exact) mass is 419 g/mol. The summed E-state index contributed by atoms with van der Waals surface area (Å²) in [5.41, 5.74) is 0.102. The molecule has 30 heavy (non-hydrogen) atoms. The van der Waals surface area contributed by atoms with E-state index in [0.717, 1.165) is 37.9 Å². The van der Waals surface area contributed by atoms with Crippen LogP contribution in [0.15, 0.2) is 17.1 Å². The number of carbonyl (C=O) groups is 2. The van der Waals surface area contributed by atoms with E-state index in [0.29, 0.717) is 19.6 Å². The minimum Gasteiger partial charge on any atom is -0.444 e. The number of ether oxygens (including phenoxy) is 1. The molecule has 3 heterocycles. The summed E-state index contributed by atoms with van der Waals surface area (Å²) in [5.74, 6) is -0.0705. The van der Waals surface area contributed by atoms with Gasteiger partial charge in [-0.3, -0.25) is 9.59 Å². The number of anilines is 1. The molecule has 0 unspecified atom stereocenters. The molecule has 0 radical (unpaired) electrons. The maximum atomic E-state index is 12.8. The Morgan fingerprint density at radius 2 is 1.87 bits per heavy atom. The molecule has 1 N–H and O–H groups in total. The molecule has 0 aliphatic carbocycles. The van der Waals surface area contributed by atoms with Crippen molar-refractivity contribution in [3.63, 3.8) is 0 Å². The second-order valence-electron chi connectivity index (χ2n) is 9.21. The first kappa shape index (κ1) is 22.1. The molecule has 2 amide bonds. The van der Waals surface area contributed by atoms with E-state index in [4.69, 9.17) is 4.74 Å². The van der Waals surface area contributed by atoms with E-state index in [1.165, 1.54) is 4.68 Å². The predicted molar refractivity (Wildman–Crippen MR) is 113 cm³/mol. The number of rotatable bonds is 3. The van der Waals surface area contributed by atoms with Gasteiger partial charge in [-0.05, 0) is 46.5 Å². The van der Waals surface area contributed by atoms with Crippen LogP contribution in [0.1, 0.15) is 46.5 Å². The summed E-state index contributed by atoms with van der Waals surface area (Å²) in [6, 6.07) is 1.64. The SMILES string of the molecule is Cn1ncc(N2CCC[C@@H](C(=O)NC3CCN(C(=O)OC(C)(C)C)CC3)C2)cc1=O. The quantitative estimate of drug-likeness (QED) is 0.798. The standard InChI is InChI=1S/C21H33N5O4/c1-21(2,3)30-20(29)25-10-7-16(8-11-25)23-19(28)15-6-5-9-26(14-15)17-12-18(27)24(4)22-13-17/h12-13,15-16H,5-11,14H2,1-4H3,(H,23,28)/t15-/m1/s1. The second-order valence-corrected chi connectivity index (χ2v) is 9.21. The molecule has 1 aromatic rings. The zero-order valence-corrected chi connectivity index (χ0v) is 18.4. The van der Waals surface area contributed by atoms with Gasteiger partial charge in [-0.15, -0.1) is 0 Å². The van der Waals surface area contributed by atoms with Crippen LogP contribution in [-0.4, -0.2) is 64.5 Å². The number of likely N-dealkylation sites (tertiary alicyclic amines) is 1. The molecular weight excluding hydrogens is 386 g/mol. The van der Waals surface area contributed by atoms with Gasteiger partial charge in [-0.25, -0.2) is 9.48 Å². The van der Waals surface area contributed by atoms with E-state index >= 15 is 0 Å². The van der Waals surface area contributed by atoms with Gasteiger partial charge in [-0.2, -0.15) is 5.10 Å². The van der Waals surface area contributed by atoms with Crippen molar-refractivity contribution in [2.75, 3.05) is 31.1 Å². The van der Waals surface area contributed by atoms with Gasteiger partial charge >= 0.3 is 6.09 Å². The summed E-state index contributed by atoms with van der Waals surface area (Å²) in [4.78, 5) is 40.7. The minimum atomic E-state index is -0.506. The number of aromatic nitrogens is 2. The van der Waals surface area contributed by atoms with Gasteiger partial charge in [0.1, 0.15) is 5.60 Å². The van der Waals surface area contributed by atoms with Crippen molar-refractivity contribution in [3.05, 3.63) is 22.6 Å². The molecule has 0 bridgehead atoms. The zero-order chi connectivity index (χ0) is 21.9. The van der Waals surface area contributed by atoms with Crippen molar-refractivity contribution in [2.45, 2.75) is 58.1 Å². The largest absolute Gasteiger partial charge is 0.444 e. The van der Waals surface area contributed by atoms with Crippen LogP contribution in [0.3, 0.4) is 0 Å². The Hall–Kier alpha value is -2.58. The fraction of sp³-hybridized carbons (Fsp3) is 0.714. The molecule has 2 aliphatic rings. The fourth-order valence-electron chi connectivity index (χ4n) is 3.91. The molecule has 166 valence electrons. The molecule has 0 spiro atoms.